The summed E-state index contributed by atoms with van der Waals surface area (Å²) in [6.45, 7) is 1.85. The van der Waals surface area contributed by atoms with E-state index in [0.717, 1.165) is 18.8 Å². The zero-order valence-electron chi connectivity index (χ0n) is 12.8. The van der Waals surface area contributed by atoms with Crippen molar-refractivity contribution in [2.75, 3.05) is 12.3 Å². The molecule has 0 spiro atoms. The Bertz CT molecular complexity index is 324. The summed E-state index contributed by atoms with van der Waals surface area (Å²) in [7, 11) is 0. The van der Waals surface area contributed by atoms with E-state index in [0.29, 0.717) is 0 Å². The van der Waals surface area contributed by atoms with Gasteiger partial charge in [0.2, 0.25) is 0 Å². The molecule has 0 aliphatic heterocycles. The third-order valence-corrected chi connectivity index (χ3v) is 3.94. The fourth-order valence-corrected chi connectivity index (χ4v) is 2.68. The Morgan fingerprint density at radius 3 is 1.95 bits per heavy atom. The van der Waals surface area contributed by atoms with Crippen molar-refractivity contribution >= 4 is 12.6 Å². The van der Waals surface area contributed by atoms with Crippen molar-refractivity contribution in [2.45, 2.75) is 64.3 Å². The molecule has 0 aliphatic carbocycles. The van der Waals surface area contributed by atoms with E-state index in [1.54, 1.807) is 0 Å². The van der Waals surface area contributed by atoms with Crippen molar-refractivity contribution in [2.24, 2.45) is 5.73 Å². The Hall–Kier alpha value is -0.540. The number of hydrogen-bond acceptors (Lipinski definition) is 2. The molecule has 0 saturated carbocycles. The molecule has 3 heteroatoms. The van der Waals surface area contributed by atoms with Crippen LogP contribution < -0.4 is 10.3 Å². The molecule has 2 nitrogen and oxygen atoms in total. The molecule has 0 aliphatic rings. The van der Waals surface area contributed by atoms with Gasteiger partial charge in [0.15, 0.2) is 18.9 Å². The molecule has 0 fully saturated rings. The lowest BCUT2D eigenvalue weighted by molar-refractivity contribution is -0.692. The second-order valence-electron chi connectivity index (χ2n) is 5.53. The summed E-state index contributed by atoms with van der Waals surface area (Å²) in [6, 6.07) is 4.49. The molecule has 114 valence electrons. The first kappa shape index (κ1) is 17.5. The molecule has 0 aromatic carbocycles. The van der Waals surface area contributed by atoms with Crippen LogP contribution in [0.1, 0.15) is 56.9 Å². The highest BCUT2D eigenvalue weighted by molar-refractivity contribution is 7.80. The lowest BCUT2D eigenvalue weighted by Gasteiger charge is -2.02. The van der Waals surface area contributed by atoms with Crippen molar-refractivity contribution < 1.29 is 4.57 Å². The van der Waals surface area contributed by atoms with Gasteiger partial charge in [-0.25, -0.2) is 4.57 Å². The Morgan fingerprint density at radius 1 is 0.850 bits per heavy atom. The maximum Gasteiger partial charge on any atom is 0.169 e. The third kappa shape index (κ3) is 8.60. The third-order valence-electron chi connectivity index (χ3n) is 3.74. The highest BCUT2D eigenvalue weighted by Gasteiger charge is 1.99. The Labute approximate surface area is 130 Å². The number of nitrogens with zero attached hydrogens (tertiary/aromatic N) is 1. The largest absolute Gasteiger partial charge is 0.330 e. The summed E-state index contributed by atoms with van der Waals surface area (Å²) < 4.78 is 2.19. The predicted molar refractivity (Wildman–Crippen MR) is 90.2 cm³/mol. The SMILES string of the molecule is NCCCCCCCCCCc1cc[n+](CCS)cc1. The van der Waals surface area contributed by atoms with Gasteiger partial charge in [-0.15, -0.1) is 0 Å². The van der Waals surface area contributed by atoms with Crippen LogP contribution in [0.3, 0.4) is 0 Å². The van der Waals surface area contributed by atoms with E-state index in [9.17, 15) is 0 Å². The van der Waals surface area contributed by atoms with Gasteiger partial charge in [-0.3, -0.25) is 0 Å². The maximum atomic E-state index is 5.49. The molecule has 0 amide bonds. The van der Waals surface area contributed by atoms with Crippen LogP contribution in [-0.4, -0.2) is 12.3 Å². The first-order valence-electron chi connectivity index (χ1n) is 8.15. The smallest absolute Gasteiger partial charge is 0.169 e. The molecule has 1 aromatic heterocycles. The van der Waals surface area contributed by atoms with Crippen LogP contribution in [0.25, 0.3) is 0 Å². The molecule has 0 saturated heterocycles. The summed E-state index contributed by atoms with van der Waals surface area (Å²) in [5.41, 5.74) is 6.95. The standard InChI is InChI=1S/C17H30N2S/c18-12-8-6-4-2-1-3-5-7-9-17-10-13-19(14-11-17)15-16-20/h10-11,13-14H,1-9,12,15-16,18H2/p+1. The lowest BCUT2D eigenvalue weighted by Crippen LogP contribution is -2.33. The van der Waals surface area contributed by atoms with E-state index in [2.05, 4.69) is 41.7 Å². The second-order valence-corrected chi connectivity index (χ2v) is 5.98. The summed E-state index contributed by atoms with van der Waals surface area (Å²) in [5.74, 6) is 0.898. The summed E-state index contributed by atoms with van der Waals surface area (Å²) in [6.07, 6.45) is 16.3. The summed E-state index contributed by atoms with van der Waals surface area (Å²) >= 11 is 4.25. The molecule has 0 bridgehead atoms. The van der Waals surface area contributed by atoms with Crippen LogP contribution in [0.2, 0.25) is 0 Å². The van der Waals surface area contributed by atoms with E-state index in [1.165, 1.54) is 63.4 Å². The van der Waals surface area contributed by atoms with E-state index in [4.69, 9.17) is 5.73 Å². The molecule has 20 heavy (non-hydrogen) atoms. The van der Waals surface area contributed by atoms with Crippen molar-refractivity contribution in [1.29, 1.82) is 0 Å². The van der Waals surface area contributed by atoms with Crippen molar-refractivity contribution in [3.05, 3.63) is 30.1 Å². The lowest BCUT2D eigenvalue weighted by atomic mass is 10.0. The van der Waals surface area contributed by atoms with Crippen LogP contribution in [0.5, 0.6) is 0 Å². The van der Waals surface area contributed by atoms with E-state index in [-0.39, 0.29) is 0 Å². The number of unbranched alkanes of at least 4 members (excludes halogenated alkanes) is 7. The quantitative estimate of drug-likeness (QED) is 0.345. The van der Waals surface area contributed by atoms with Crippen molar-refractivity contribution in [1.82, 2.24) is 0 Å². The van der Waals surface area contributed by atoms with Gasteiger partial charge < -0.3 is 5.73 Å². The molecule has 1 aromatic rings. The molecule has 0 radical (unpaired) electrons. The van der Waals surface area contributed by atoms with Crippen LogP contribution in [-0.2, 0) is 13.0 Å². The zero-order chi connectivity index (χ0) is 14.5. The maximum absolute atomic E-state index is 5.49. The van der Waals surface area contributed by atoms with Gasteiger partial charge in [-0.1, -0.05) is 38.5 Å². The van der Waals surface area contributed by atoms with Crippen LogP contribution in [0.4, 0.5) is 0 Å². The summed E-state index contributed by atoms with van der Waals surface area (Å²) in [4.78, 5) is 0. The minimum Gasteiger partial charge on any atom is -0.330 e. The normalized spacial score (nSPS) is 10.9. The molecule has 2 N–H and O–H groups in total. The highest BCUT2D eigenvalue weighted by Crippen LogP contribution is 2.10. The van der Waals surface area contributed by atoms with E-state index >= 15 is 0 Å². The van der Waals surface area contributed by atoms with E-state index < -0.39 is 0 Å². The predicted octanol–water partition coefficient (Wildman–Crippen LogP) is 3.53. The average Bonchev–Trinajstić information content (AvgIpc) is 2.47. The fourth-order valence-electron chi connectivity index (χ4n) is 2.45. The first-order chi connectivity index (χ1) is 9.86. The minimum atomic E-state index is 0.852. The van der Waals surface area contributed by atoms with E-state index in [1.807, 2.05) is 0 Å². The fraction of sp³-hybridized carbons (Fsp3) is 0.706. The topological polar surface area (TPSA) is 29.9 Å². The molecule has 1 rings (SSSR count). The van der Waals surface area contributed by atoms with Crippen LogP contribution in [0.15, 0.2) is 24.5 Å². The molecular weight excluding hydrogens is 264 g/mol. The van der Waals surface area contributed by atoms with Gasteiger partial charge >= 0.3 is 0 Å². The van der Waals surface area contributed by atoms with Gasteiger partial charge in [-0.2, -0.15) is 12.6 Å². The van der Waals surface area contributed by atoms with Crippen molar-refractivity contribution in [3.8, 4) is 0 Å². The van der Waals surface area contributed by atoms with Gasteiger partial charge in [-0.05, 0) is 31.4 Å². The highest BCUT2D eigenvalue weighted by atomic mass is 32.1. The Morgan fingerprint density at radius 2 is 1.40 bits per heavy atom. The number of thiol groups is 1. The Balaban J connectivity index is 1.98. The van der Waals surface area contributed by atoms with Gasteiger partial charge in [0.25, 0.3) is 0 Å². The van der Waals surface area contributed by atoms with Crippen LogP contribution >= 0.6 is 12.6 Å². The number of rotatable bonds is 12. The number of aromatic nitrogens is 1. The molecule has 0 unspecified atom stereocenters. The number of pyridine rings is 1. The summed E-state index contributed by atoms with van der Waals surface area (Å²) in [5, 5.41) is 0. The number of nitrogens with two attached hydrogens (primary N) is 1. The first-order valence-corrected chi connectivity index (χ1v) is 8.79. The second kappa shape index (κ2) is 12.2. The molecule has 1 heterocycles. The van der Waals surface area contributed by atoms with Gasteiger partial charge in [0.1, 0.15) is 0 Å². The van der Waals surface area contributed by atoms with Gasteiger partial charge in [0, 0.05) is 17.9 Å². The minimum absolute atomic E-state index is 0.852. The molecular formula is C17H31N2S+. The molecule has 0 atom stereocenters. The monoisotopic (exact) mass is 295 g/mol. The number of aryl methyl sites for hydroxylation is 2. The van der Waals surface area contributed by atoms with Crippen molar-refractivity contribution in [3.63, 3.8) is 0 Å². The van der Waals surface area contributed by atoms with Gasteiger partial charge in [0.05, 0.1) is 0 Å². The van der Waals surface area contributed by atoms with Crippen LogP contribution in [0, 0.1) is 0 Å². The Kier molecular flexibility index (Phi) is 10.7. The zero-order valence-corrected chi connectivity index (χ0v) is 13.7. The average molecular weight is 296 g/mol. The number of hydrogen-bond donors (Lipinski definition) is 2.